The lowest BCUT2D eigenvalue weighted by atomic mass is 9.98. The predicted molar refractivity (Wildman–Crippen MR) is 118 cm³/mol. The lowest BCUT2D eigenvalue weighted by Crippen LogP contribution is -2.50. The Labute approximate surface area is 187 Å². The predicted octanol–water partition coefficient (Wildman–Crippen LogP) is 1.93. The van der Waals surface area contributed by atoms with Crippen molar-refractivity contribution < 1.29 is 18.3 Å². The molecule has 3 atom stereocenters. The van der Waals surface area contributed by atoms with Crippen LogP contribution in [0.4, 0.5) is 0 Å². The Bertz CT molecular complexity index is 1120. The van der Waals surface area contributed by atoms with E-state index in [4.69, 9.17) is 4.74 Å². The third-order valence-electron chi connectivity index (χ3n) is 5.61. The van der Waals surface area contributed by atoms with E-state index in [1.54, 1.807) is 41.3 Å². The van der Waals surface area contributed by atoms with Gasteiger partial charge in [0.25, 0.3) is 0 Å². The largest absolute Gasteiger partial charge is 0.394 e. The maximum atomic E-state index is 12.7. The highest BCUT2D eigenvalue weighted by molar-refractivity contribution is 7.89. The number of pyridine rings is 1. The summed E-state index contributed by atoms with van der Waals surface area (Å²) in [6.45, 7) is 2.25. The molecule has 0 saturated carbocycles. The molecule has 0 bridgehead atoms. The van der Waals surface area contributed by atoms with Gasteiger partial charge in [-0.15, -0.1) is 5.10 Å². The molecule has 1 aliphatic heterocycles. The van der Waals surface area contributed by atoms with Crippen LogP contribution in [0.1, 0.15) is 24.8 Å². The zero-order chi connectivity index (χ0) is 22.6. The number of rotatable bonds is 8. The van der Waals surface area contributed by atoms with Crippen LogP contribution in [0.25, 0.3) is 11.3 Å². The fraction of sp³-hybridized carbons (Fsp3) is 0.409. The normalized spacial score (nSPS) is 21.5. The van der Waals surface area contributed by atoms with E-state index in [2.05, 4.69) is 20.0 Å². The summed E-state index contributed by atoms with van der Waals surface area (Å²) in [6.07, 6.45) is 6.56. The van der Waals surface area contributed by atoms with Crippen molar-refractivity contribution in [1.29, 1.82) is 0 Å². The van der Waals surface area contributed by atoms with Crippen LogP contribution in [0.15, 0.2) is 59.9 Å². The summed E-state index contributed by atoms with van der Waals surface area (Å²) >= 11 is 0. The molecule has 0 amide bonds. The first-order chi connectivity index (χ1) is 15.4. The number of aliphatic hydroxyl groups excluding tert-OH is 1. The number of nitrogens with one attached hydrogen (secondary N) is 1. The molecule has 32 heavy (non-hydrogen) atoms. The number of aliphatic hydroxyl groups is 1. The van der Waals surface area contributed by atoms with Crippen molar-refractivity contribution >= 4 is 10.0 Å². The number of nitrogens with zero attached hydrogens (tertiary/aromatic N) is 4. The first-order valence-electron chi connectivity index (χ1n) is 10.6. The average Bonchev–Trinajstić information content (AvgIpc) is 3.28. The van der Waals surface area contributed by atoms with Crippen molar-refractivity contribution in [2.24, 2.45) is 0 Å². The molecule has 0 radical (unpaired) electrons. The van der Waals surface area contributed by atoms with Gasteiger partial charge in [-0.3, -0.25) is 9.67 Å². The van der Waals surface area contributed by atoms with Crippen LogP contribution >= 0.6 is 0 Å². The zero-order valence-corrected chi connectivity index (χ0v) is 18.6. The molecule has 1 aromatic carbocycles. The minimum absolute atomic E-state index is 0.0988. The van der Waals surface area contributed by atoms with Gasteiger partial charge in [-0.1, -0.05) is 22.9 Å². The molecule has 2 aromatic heterocycles. The molecule has 3 aromatic rings. The molecule has 0 spiro atoms. The van der Waals surface area contributed by atoms with Gasteiger partial charge in [0.15, 0.2) is 0 Å². The van der Waals surface area contributed by atoms with Crippen molar-refractivity contribution in [3.05, 3.63) is 60.6 Å². The van der Waals surface area contributed by atoms with Crippen molar-refractivity contribution in [1.82, 2.24) is 24.7 Å². The van der Waals surface area contributed by atoms with E-state index in [1.807, 2.05) is 25.3 Å². The van der Waals surface area contributed by atoms with Crippen molar-refractivity contribution in [2.75, 3.05) is 6.61 Å². The van der Waals surface area contributed by atoms with Crippen LogP contribution in [0.2, 0.25) is 0 Å². The van der Waals surface area contributed by atoms with Crippen LogP contribution in [0.3, 0.4) is 0 Å². The van der Waals surface area contributed by atoms with Gasteiger partial charge >= 0.3 is 0 Å². The second kappa shape index (κ2) is 9.86. The van der Waals surface area contributed by atoms with Gasteiger partial charge in [0, 0.05) is 24.5 Å². The van der Waals surface area contributed by atoms with Crippen LogP contribution < -0.4 is 4.72 Å². The first-order valence-corrected chi connectivity index (χ1v) is 12.1. The molecular weight excluding hydrogens is 430 g/mol. The monoisotopic (exact) mass is 457 g/mol. The molecule has 1 aliphatic rings. The molecule has 1 saturated heterocycles. The molecule has 2 N–H and O–H groups in total. The molecular formula is C22H27N5O4S. The van der Waals surface area contributed by atoms with Gasteiger partial charge in [0.2, 0.25) is 10.0 Å². The van der Waals surface area contributed by atoms with E-state index >= 15 is 0 Å². The molecule has 9 nitrogen and oxygen atoms in total. The highest BCUT2D eigenvalue weighted by atomic mass is 32.2. The van der Waals surface area contributed by atoms with Crippen LogP contribution in [-0.2, 0) is 21.3 Å². The third-order valence-corrected chi connectivity index (χ3v) is 7.12. The first kappa shape index (κ1) is 22.5. The van der Waals surface area contributed by atoms with Crippen molar-refractivity contribution in [2.45, 2.75) is 55.9 Å². The second-order valence-corrected chi connectivity index (χ2v) is 9.71. The Morgan fingerprint density at radius 1 is 1.22 bits per heavy atom. The summed E-state index contributed by atoms with van der Waals surface area (Å²) in [5, 5.41) is 18.1. The summed E-state index contributed by atoms with van der Waals surface area (Å²) in [5.74, 6) is 0. The summed E-state index contributed by atoms with van der Waals surface area (Å²) in [4.78, 5) is 4.30. The Kier molecular flexibility index (Phi) is 6.95. The maximum absolute atomic E-state index is 12.7. The van der Waals surface area contributed by atoms with E-state index in [0.29, 0.717) is 25.8 Å². The molecule has 4 rings (SSSR count). The van der Waals surface area contributed by atoms with Gasteiger partial charge in [-0.2, -0.15) is 0 Å². The van der Waals surface area contributed by atoms with Crippen LogP contribution in [0, 0.1) is 6.92 Å². The number of hydrogen-bond donors (Lipinski definition) is 2. The molecule has 3 heterocycles. The van der Waals surface area contributed by atoms with Gasteiger partial charge in [0.1, 0.15) is 5.69 Å². The van der Waals surface area contributed by atoms with Gasteiger partial charge < -0.3 is 9.84 Å². The number of sulfonamides is 1. The molecule has 1 fully saturated rings. The quantitative estimate of drug-likeness (QED) is 0.530. The fourth-order valence-corrected chi connectivity index (χ4v) is 5.09. The van der Waals surface area contributed by atoms with E-state index in [0.717, 1.165) is 16.8 Å². The van der Waals surface area contributed by atoms with Gasteiger partial charge in [0.05, 0.1) is 35.9 Å². The highest BCUT2D eigenvalue weighted by Gasteiger charge is 2.33. The van der Waals surface area contributed by atoms with E-state index in [9.17, 15) is 13.5 Å². The lowest BCUT2D eigenvalue weighted by molar-refractivity contribution is -0.0891. The summed E-state index contributed by atoms with van der Waals surface area (Å²) in [6, 6.07) is 9.97. The van der Waals surface area contributed by atoms with Crippen molar-refractivity contribution in [3.8, 4) is 11.3 Å². The van der Waals surface area contributed by atoms with E-state index in [1.165, 1.54) is 0 Å². The minimum Gasteiger partial charge on any atom is -0.394 e. The van der Waals surface area contributed by atoms with E-state index in [-0.39, 0.29) is 17.6 Å². The average molecular weight is 458 g/mol. The number of aromatic nitrogens is 4. The number of benzene rings is 1. The Morgan fingerprint density at radius 3 is 2.75 bits per heavy atom. The molecule has 0 aliphatic carbocycles. The minimum atomic E-state index is -3.68. The molecule has 170 valence electrons. The smallest absolute Gasteiger partial charge is 0.240 e. The summed E-state index contributed by atoms with van der Waals surface area (Å²) < 4.78 is 35.9. The third kappa shape index (κ3) is 5.39. The number of aryl methyl sites for hydroxylation is 2. The SMILES string of the molecule is Cc1ccc(S(=O)(=O)N[C@@H]2CC[C@H](CCn3cc(-c4cccnc4)nn3)O[C@H]2CO)cc1. The summed E-state index contributed by atoms with van der Waals surface area (Å²) in [7, 11) is -3.68. The Hall–Kier alpha value is -2.66. The van der Waals surface area contributed by atoms with E-state index < -0.39 is 22.2 Å². The van der Waals surface area contributed by atoms with Crippen LogP contribution in [-0.4, -0.2) is 58.4 Å². The second-order valence-electron chi connectivity index (χ2n) is 7.99. The lowest BCUT2D eigenvalue weighted by Gasteiger charge is -2.36. The maximum Gasteiger partial charge on any atom is 0.240 e. The molecule has 0 unspecified atom stereocenters. The number of hydrogen-bond acceptors (Lipinski definition) is 7. The topological polar surface area (TPSA) is 119 Å². The zero-order valence-electron chi connectivity index (χ0n) is 17.8. The van der Waals surface area contributed by atoms with Crippen LogP contribution in [0.5, 0.6) is 0 Å². The van der Waals surface area contributed by atoms with Crippen molar-refractivity contribution in [3.63, 3.8) is 0 Å². The summed E-state index contributed by atoms with van der Waals surface area (Å²) in [5.41, 5.74) is 2.64. The van der Waals surface area contributed by atoms with Gasteiger partial charge in [-0.25, -0.2) is 13.1 Å². The Morgan fingerprint density at radius 2 is 2.03 bits per heavy atom. The van der Waals surface area contributed by atoms with Gasteiger partial charge in [-0.05, 0) is 50.5 Å². The standard InChI is InChI=1S/C22H27N5O4S/c1-16-4-7-19(8-5-16)32(29,30)25-20-9-6-18(31-22(20)15-28)10-12-27-14-21(24-26-27)17-3-2-11-23-13-17/h2-5,7-8,11,13-14,18,20,22,25,28H,6,9-10,12,15H2,1H3/t18-,20-,22+/m1/s1. The number of ether oxygens (including phenoxy) is 1. The Balaban J connectivity index is 1.33. The molecule has 10 heteroatoms. The highest BCUT2D eigenvalue weighted by Crippen LogP contribution is 2.24. The fourth-order valence-electron chi connectivity index (χ4n) is 3.79.